The number of hydrogen-bond acceptors (Lipinski definition) is 2. The molecule has 0 saturated carbocycles. The molecule has 0 aliphatic carbocycles. The van der Waals surface area contributed by atoms with Crippen molar-refractivity contribution < 1.29 is 14.6 Å². The van der Waals surface area contributed by atoms with E-state index in [0.717, 1.165) is 36.3 Å². The number of rotatable bonds is 10. The molecule has 3 nitrogen and oxygen atoms in total. The third-order valence-corrected chi connectivity index (χ3v) is 4.89. The number of carboxylic acids is 1. The summed E-state index contributed by atoms with van der Waals surface area (Å²) in [5.41, 5.74) is 2.40. The van der Waals surface area contributed by atoms with Crippen LogP contribution in [0.4, 0.5) is 0 Å². The average Bonchev–Trinajstić information content (AvgIpc) is 2.73. The van der Waals surface area contributed by atoms with Gasteiger partial charge in [0.25, 0.3) is 0 Å². The van der Waals surface area contributed by atoms with E-state index >= 15 is 0 Å². The summed E-state index contributed by atoms with van der Waals surface area (Å²) in [6.07, 6.45) is 3.94. The van der Waals surface area contributed by atoms with Gasteiger partial charge in [-0.1, -0.05) is 60.7 Å². The molecule has 3 rings (SSSR count). The second-order valence-corrected chi connectivity index (χ2v) is 7.01. The van der Waals surface area contributed by atoms with Crippen molar-refractivity contribution in [2.75, 3.05) is 0 Å². The lowest BCUT2D eigenvalue weighted by molar-refractivity contribution is -0.142. The quantitative estimate of drug-likeness (QED) is 0.464. The molecule has 3 heteroatoms. The van der Waals surface area contributed by atoms with Gasteiger partial charge in [-0.3, -0.25) is 4.79 Å². The molecule has 1 atom stereocenters. The van der Waals surface area contributed by atoms with E-state index < -0.39 is 5.97 Å². The minimum absolute atomic E-state index is 0.302. The van der Waals surface area contributed by atoms with E-state index in [1.165, 1.54) is 5.56 Å². The van der Waals surface area contributed by atoms with Crippen molar-refractivity contribution in [3.05, 3.63) is 96.1 Å². The van der Waals surface area contributed by atoms with E-state index in [9.17, 15) is 9.90 Å². The van der Waals surface area contributed by atoms with E-state index in [2.05, 4.69) is 12.1 Å². The summed E-state index contributed by atoms with van der Waals surface area (Å²) in [5, 5.41) is 9.54. The first kappa shape index (κ1) is 19.7. The lowest BCUT2D eigenvalue weighted by Gasteiger charge is -2.13. The monoisotopic (exact) mass is 374 g/mol. The second-order valence-electron chi connectivity index (χ2n) is 7.01. The lowest BCUT2D eigenvalue weighted by atomic mass is 9.93. The van der Waals surface area contributed by atoms with Crippen LogP contribution in [0.3, 0.4) is 0 Å². The van der Waals surface area contributed by atoms with Gasteiger partial charge in [0.1, 0.15) is 11.5 Å². The standard InChI is InChI=1S/C25H26O3/c26-25(27)22(11-7-10-20-8-3-1-4-9-20)17-14-21-15-18-24(19-16-21)28-23-12-5-2-6-13-23/h1-6,8-9,12-13,15-16,18-19,22H,7,10-11,14,17H2,(H,26,27). The summed E-state index contributed by atoms with van der Waals surface area (Å²) in [6.45, 7) is 0. The maximum Gasteiger partial charge on any atom is 0.306 e. The summed E-state index contributed by atoms with van der Waals surface area (Å²) >= 11 is 0. The highest BCUT2D eigenvalue weighted by molar-refractivity contribution is 5.69. The van der Waals surface area contributed by atoms with Crippen LogP contribution < -0.4 is 4.74 Å². The fourth-order valence-electron chi connectivity index (χ4n) is 3.28. The maximum atomic E-state index is 11.6. The van der Waals surface area contributed by atoms with Crippen molar-refractivity contribution >= 4 is 5.97 Å². The molecular weight excluding hydrogens is 348 g/mol. The van der Waals surface area contributed by atoms with Crippen LogP contribution in [0.2, 0.25) is 0 Å². The molecule has 3 aromatic rings. The number of aliphatic carboxylic acids is 1. The molecule has 28 heavy (non-hydrogen) atoms. The number of carbonyl (C=O) groups is 1. The van der Waals surface area contributed by atoms with Crippen LogP contribution in [0.25, 0.3) is 0 Å². The van der Waals surface area contributed by atoms with E-state index in [1.54, 1.807) is 0 Å². The highest BCUT2D eigenvalue weighted by atomic mass is 16.5. The van der Waals surface area contributed by atoms with Crippen LogP contribution in [0, 0.1) is 5.92 Å². The Kier molecular flexibility index (Phi) is 7.25. The molecule has 144 valence electrons. The van der Waals surface area contributed by atoms with Gasteiger partial charge < -0.3 is 9.84 Å². The molecule has 0 amide bonds. The highest BCUT2D eigenvalue weighted by Crippen LogP contribution is 2.23. The molecule has 0 aromatic heterocycles. The fraction of sp³-hybridized carbons (Fsp3) is 0.240. The largest absolute Gasteiger partial charge is 0.481 e. The molecule has 1 unspecified atom stereocenters. The van der Waals surface area contributed by atoms with Crippen molar-refractivity contribution in [2.45, 2.75) is 32.1 Å². The molecule has 0 aliphatic heterocycles. The summed E-state index contributed by atoms with van der Waals surface area (Å²) in [6, 6.07) is 27.8. The molecule has 0 saturated heterocycles. The SMILES string of the molecule is O=C(O)C(CCCc1ccccc1)CCc1ccc(Oc2ccccc2)cc1. The number of aryl methyl sites for hydroxylation is 2. The molecule has 1 N–H and O–H groups in total. The molecule has 0 aliphatic rings. The molecule has 0 heterocycles. The van der Waals surface area contributed by atoms with Crippen molar-refractivity contribution in [3.8, 4) is 11.5 Å². The summed E-state index contributed by atoms with van der Waals surface area (Å²) in [7, 11) is 0. The van der Waals surface area contributed by atoms with Crippen LogP contribution in [0.5, 0.6) is 11.5 Å². The number of ether oxygens (including phenoxy) is 1. The number of carboxylic acid groups (broad SMARTS) is 1. The molecule has 0 bridgehead atoms. The Morgan fingerprint density at radius 2 is 1.29 bits per heavy atom. The molecule has 3 aromatic carbocycles. The van der Waals surface area contributed by atoms with Crippen molar-refractivity contribution in [3.63, 3.8) is 0 Å². The fourth-order valence-corrected chi connectivity index (χ4v) is 3.28. The van der Waals surface area contributed by atoms with Gasteiger partial charge in [-0.05, 0) is 67.5 Å². The molecule has 0 spiro atoms. The van der Waals surface area contributed by atoms with Gasteiger partial charge in [0.15, 0.2) is 0 Å². The van der Waals surface area contributed by atoms with Crippen molar-refractivity contribution in [2.24, 2.45) is 5.92 Å². The van der Waals surface area contributed by atoms with Gasteiger partial charge in [-0.15, -0.1) is 0 Å². The van der Waals surface area contributed by atoms with Crippen molar-refractivity contribution in [1.82, 2.24) is 0 Å². The van der Waals surface area contributed by atoms with Crippen LogP contribution in [-0.2, 0) is 17.6 Å². The first-order valence-corrected chi connectivity index (χ1v) is 9.79. The van der Waals surface area contributed by atoms with Crippen LogP contribution in [-0.4, -0.2) is 11.1 Å². The van der Waals surface area contributed by atoms with Gasteiger partial charge >= 0.3 is 5.97 Å². The Balaban J connectivity index is 1.47. The average molecular weight is 374 g/mol. The van der Waals surface area contributed by atoms with Gasteiger partial charge in [0.05, 0.1) is 5.92 Å². The molecule has 0 fully saturated rings. The van der Waals surface area contributed by atoms with E-state index in [4.69, 9.17) is 4.74 Å². The number of para-hydroxylation sites is 1. The second kappa shape index (κ2) is 10.3. The predicted octanol–water partition coefficient (Wildman–Crippen LogP) is 6.14. The van der Waals surface area contributed by atoms with Crippen LogP contribution in [0.1, 0.15) is 30.4 Å². The minimum atomic E-state index is -0.697. The van der Waals surface area contributed by atoms with Gasteiger partial charge in [0, 0.05) is 0 Å². The van der Waals surface area contributed by atoms with E-state index in [1.807, 2.05) is 72.8 Å². The number of benzene rings is 3. The zero-order valence-corrected chi connectivity index (χ0v) is 16.0. The molecular formula is C25H26O3. The smallest absolute Gasteiger partial charge is 0.306 e. The molecule has 0 radical (unpaired) electrons. The Morgan fingerprint density at radius 3 is 1.93 bits per heavy atom. The Hall–Kier alpha value is -3.07. The minimum Gasteiger partial charge on any atom is -0.481 e. The Bertz CT molecular complexity index is 842. The van der Waals surface area contributed by atoms with Crippen molar-refractivity contribution in [1.29, 1.82) is 0 Å². The highest BCUT2D eigenvalue weighted by Gasteiger charge is 2.17. The zero-order valence-electron chi connectivity index (χ0n) is 16.0. The third kappa shape index (κ3) is 6.27. The topological polar surface area (TPSA) is 46.5 Å². The van der Waals surface area contributed by atoms with Gasteiger partial charge in [0.2, 0.25) is 0 Å². The Morgan fingerprint density at radius 1 is 0.714 bits per heavy atom. The Labute approximate surface area is 166 Å². The first-order chi connectivity index (χ1) is 13.7. The van der Waals surface area contributed by atoms with Gasteiger partial charge in [-0.2, -0.15) is 0 Å². The predicted molar refractivity (Wildman–Crippen MR) is 112 cm³/mol. The summed E-state index contributed by atoms with van der Waals surface area (Å²) in [4.78, 5) is 11.6. The normalized spacial score (nSPS) is 11.7. The number of hydrogen-bond donors (Lipinski definition) is 1. The summed E-state index contributed by atoms with van der Waals surface area (Å²) < 4.78 is 5.80. The maximum absolute atomic E-state index is 11.6. The first-order valence-electron chi connectivity index (χ1n) is 9.79. The van der Waals surface area contributed by atoms with Crippen LogP contribution in [0.15, 0.2) is 84.9 Å². The zero-order chi connectivity index (χ0) is 19.6. The third-order valence-electron chi connectivity index (χ3n) is 4.89. The lowest BCUT2D eigenvalue weighted by Crippen LogP contribution is -2.15. The van der Waals surface area contributed by atoms with E-state index in [-0.39, 0.29) is 5.92 Å². The summed E-state index contributed by atoms with van der Waals surface area (Å²) in [5.74, 6) is 0.591. The van der Waals surface area contributed by atoms with Gasteiger partial charge in [-0.25, -0.2) is 0 Å². The van der Waals surface area contributed by atoms with E-state index in [0.29, 0.717) is 12.8 Å². The van der Waals surface area contributed by atoms with Crippen LogP contribution >= 0.6 is 0 Å².